The van der Waals surface area contributed by atoms with Crippen LogP contribution in [0.15, 0.2) is 0 Å². The predicted molar refractivity (Wildman–Crippen MR) is 37.0 cm³/mol. The summed E-state index contributed by atoms with van der Waals surface area (Å²) in [5, 5.41) is 8.58. The molecule has 0 aliphatic rings. The number of esters is 1. The first kappa shape index (κ1) is 15.8. The first-order chi connectivity index (χ1) is 5.38. The van der Waals surface area contributed by atoms with Crippen molar-refractivity contribution in [2.24, 2.45) is 0 Å². The third-order valence-electron chi connectivity index (χ3n) is 0.980. The molecule has 0 aromatic heterocycles. The van der Waals surface area contributed by atoms with Crippen molar-refractivity contribution >= 4 is 16.1 Å². The van der Waals surface area contributed by atoms with E-state index in [0.29, 0.717) is 0 Å². The van der Waals surface area contributed by atoms with Crippen LogP contribution in [0.3, 0.4) is 0 Å². The summed E-state index contributed by atoms with van der Waals surface area (Å²) in [6, 6.07) is 0. The maximum absolute atomic E-state index is 10.5. The standard InChI is InChI=1S/C5H10O6S.Na/c1-2-11-4(6)3-5(7)12(8,9)10;/h5,7H,2-3H2,1H3,(H,8,9,10);/q;+1/p-1. The Kier molecular flexibility index (Phi) is 8.19. The summed E-state index contributed by atoms with van der Waals surface area (Å²) in [6.07, 6.45) is -0.820. The second-order valence-corrected chi connectivity index (χ2v) is 3.49. The van der Waals surface area contributed by atoms with Crippen LogP contribution in [-0.2, 0) is 19.6 Å². The van der Waals surface area contributed by atoms with E-state index in [0.717, 1.165) is 0 Å². The minimum atomic E-state index is -4.81. The first-order valence-electron chi connectivity index (χ1n) is 3.16. The Balaban J connectivity index is 0. The van der Waals surface area contributed by atoms with E-state index in [-0.39, 0.29) is 36.2 Å². The van der Waals surface area contributed by atoms with Gasteiger partial charge in [-0.25, -0.2) is 8.42 Å². The number of hydrogen-bond acceptors (Lipinski definition) is 6. The molecule has 1 atom stereocenters. The molecule has 0 spiro atoms. The summed E-state index contributed by atoms with van der Waals surface area (Å²) in [5.74, 6) is -0.913. The average molecular weight is 220 g/mol. The monoisotopic (exact) mass is 220 g/mol. The number of carbonyl (C=O) groups excluding carboxylic acids is 1. The fourth-order valence-electron chi connectivity index (χ4n) is 0.465. The number of ether oxygens (including phenoxy) is 1. The SMILES string of the molecule is CCOC(=O)CC(O)S(=O)(=O)[O-].[Na+]. The van der Waals surface area contributed by atoms with Crippen molar-refractivity contribution in [2.75, 3.05) is 6.61 Å². The molecule has 72 valence electrons. The quantitative estimate of drug-likeness (QED) is 0.293. The Morgan fingerprint density at radius 1 is 1.62 bits per heavy atom. The van der Waals surface area contributed by atoms with Gasteiger partial charge in [0, 0.05) is 0 Å². The molecule has 0 saturated heterocycles. The van der Waals surface area contributed by atoms with Gasteiger partial charge < -0.3 is 14.4 Å². The van der Waals surface area contributed by atoms with Crippen molar-refractivity contribution < 1.29 is 57.2 Å². The molecule has 0 amide bonds. The number of hydrogen-bond donors (Lipinski definition) is 1. The van der Waals surface area contributed by atoms with Gasteiger partial charge in [-0.3, -0.25) is 4.79 Å². The van der Waals surface area contributed by atoms with E-state index < -0.39 is 27.9 Å². The van der Waals surface area contributed by atoms with Gasteiger partial charge in [0.15, 0.2) is 5.44 Å². The molecule has 0 aliphatic carbocycles. The van der Waals surface area contributed by atoms with Crippen molar-refractivity contribution in [3.8, 4) is 0 Å². The van der Waals surface area contributed by atoms with Crippen LogP contribution >= 0.6 is 0 Å². The van der Waals surface area contributed by atoms with Crippen LogP contribution in [0, 0.1) is 0 Å². The maximum atomic E-state index is 10.5. The number of aliphatic hydroxyl groups is 1. The van der Waals surface area contributed by atoms with E-state index in [1.165, 1.54) is 6.92 Å². The third kappa shape index (κ3) is 7.41. The number of rotatable bonds is 4. The van der Waals surface area contributed by atoms with Gasteiger partial charge in [-0.05, 0) is 6.92 Å². The fraction of sp³-hybridized carbons (Fsp3) is 0.800. The van der Waals surface area contributed by atoms with Crippen LogP contribution in [0.5, 0.6) is 0 Å². The molecule has 0 aromatic carbocycles. The van der Waals surface area contributed by atoms with Gasteiger partial charge in [0.25, 0.3) is 0 Å². The molecule has 8 heteroatoms. The molecule has 0 radical (unpaired) electrons. The van der Waals surface area contributed by atoms with Crippen molar-refractivity contribution in [3.63, 3.8) is 0 Å². The summed E-state index contributed by atoms with van der Waals surface area (Å²) in [5.41, 5.74) is -2.21. The maximum Gasteiger partial charge on any atom is 1.00 e. The summed E-state index contributed by atoms with van der Waals surface area (Å²) in [6.45, 7) is 1.60. The van der Waals surface area contributed by atoms with E-state index in [1.807, 2.05) is 0 Å². The van der Waals surface area contributed by atoms with Crippen LogP contribution in [0.1, 0.15) is 13.3 Å². The van der Waals surface area contributed by atoms with Gasteiger partial charge in [0.05, 0.1) is 13.0 Å². The van der Waals surface area contributed by atoms with Gasteiger partial charge in [-0.15, -0.1) is 0 Å². The van der Waals surface area contributed by atoms with Crippen LogP contribution < -0.4 is 29.6 Å². The average Bonchev–Trinajstić information content (AvgIpc) is 1.85. The minimum Gasteiger partial charge on any atom is -0.746 e. The molecule has 1 N–H and O–H groups in total. The van der Waals surface area contributed by atoms with E-state index in [4.69, 9.17) is 5.11 Å². The molecule has 0 heterocycles. The smallest absolute Gasteiger partial charge is 0.746 e. The van der Waals surface area contributed by atoms with Crippen molar-refractivity contribution in [2.45, 2.75) is 18.8 Å². The Hall–Kier alpha value is 0.340. The van der Waals surface area contributed by atoms with Crippen molar-refractivity contribution in [1.82, 2.24) is 0 Å². The molecular formula is C5H9NaO6S. The topological polar surface area (TPSA) is 104 Å². The van der Waals surface area contributed by atoms with Crippen LogP contribution in [-0.4, -0.2) is 36.1 Å². The Morgan fingerprint density at radius 2 is 2.08 bits per heavy atom. The van der Waals surface area contributed by atoms with Gasteiger partial charge in [-0.2, -0.15) is 0 Å². The van der Waals surface area contributed by atoms with Crippen LogP contribution in [0.25, 0.3) is 0 Å². The van der Waals surface area contributed by atoms with E-state index >= 15 is 0 Å². The Morgan fingerprint density at radius 3 is 2.38 bits per heavy atom. The zero-order chi connectivity index (χ0) is 9.78. The largest absolute Gasteiger partial charge is 1.00 e. The first-order valence-corrected chi connectivity index (χ1v) is 4.63. The molecule has 0 fully saturated rings. The summed E-state index contributed by atoms with van der Waals surface area (Å²) in [4.78, 5) is 10.5. The normalized spacial score (nSPS) is 12.8. The summed E-state index contributed by atoms with van der Waals surface area (Å²) < 4.78 is 34.5. The van der Waals surface area contributed by atoms with E-state index in [9.17, 15) is 17.8 Å². The van der Waals surface area contributed by atoms with Crippen LogP contribution in [0.2, 0.25) is 0 Å². The van der Waals surface area contributed by atoms with Gasteiger partial charge in [0.1, 0.15) is 10.1 Å². The fourth-order valence-corrected chi connectivity index (χ4v) is 0.805. The molecule has 0 saturated carbocycles. The zero-order valence-corrected chi connectivity index (χ0v) is 10.2. The molecule has 0 aliphatic heterocycles. The second-order valence-electron chi connectivity index (χ2n) is 1.96. The van der Waals surface area contributed by atoms with Crippen LogP contribution in [0.4, 0.5) is 0 Å². The summed E-state index contributed by atoms with van der Waals surface area (Å²) in [7, 11) is -4.81. The molecule has 0 aromatic rings. The van der Waals surface area contributed by atoms with Crippen molar-refractivity contribution in [3.05, 3.63) is 0 Å². The molecule has 13 heavy (non-hydrogen) atoms. The summed E-state index contributed by atoms with van der Waals surface area (Å²) >= 11 is 0. The van der Waals surface area contributed by atoms with E-state index in [2.05, 4.69) is 4.74 Å². The number of carbonyl (C=O) groups is 1. The molecule has 0 bridgehead atoms. The molecular weight excluding hydrogens is 211 g/mol. The molecule has 0 rings (SSSR count). The molecule has 1 unspecified atom stereocenters. The zero-order valence-electron chi connectivity index (χ0n) is 7.39. The second kappa shape index (κ2) is 6.74. The number of aliphatic hydroxyl groups excluding tert-OH is 1. The van der Waals surface area contributed by atoms with Gasteiger partial charge in [-0.1, -0.05) is 0 Å². The minimum absolute atomic E-state index is 0. The van der Waals surface area contributed by atoms with E-state index in [1.54, 1.807) is 0 Å². The van der Waals surface area contributed by atoms with Gasteiger partial charge >= 0.3 is 35.5 Å². The Labute approximate surface area is 98.3 Å². The van der Waals surface area contributed by atoms with Gasteiger partial charge in [0.2, 0.25) is 0 Å². The van der Waals surface area contributed by atoms with Crippen molar-refractivity contribution in [1.29, 1.82) is 0 Å². The Bertz CT molecular complexity index is 248. The predicted octanol–water partition coefficient (Wildman–Crippen LogP) is -4.19. The third-order valence-corrected chi connectivity index (χ3v) is 1.81. The molecule has 6 nitrogen and oxygen atoms in total.